The number of carbonyl (C=O) groups excluding carboxylic acids is 2. The molecular weight excluding hydrogens is 344 g/mol. The molecule has 3 N–H and O–H groups in total. The maximum Gasteiger partial charge on any atom is 0.263 e. The zero-order valence-electron chi connectivity index (χ0n) is 14.9. The van der Waals surface area contributed by atoms with Crippen LogP contribution in [0.5, 0.6) is 0 Å². The molecule has 2 amide bonds. The topological polar surface area (TPSA) is 96.0 Å². The maximum absolute atomic E-state index is 12.8. The average Bonchev–Trinajstić information content (AvgIpc) is 3.35. The number of rotatable bonds is 5. The van der Waals surface area contributed by atoms with E-state index in [1.807, 2.05) is 30.5 Å². The molecule has 0 aliphatic heterocycles. The molecule has 0 spiro atoms. The van der Waals surface area contributed by atoms with E-state index in [1.54, 1.807) is 0 Å². The Kier molecular flexibility index (Phi) is 4.27. The first-order valence-corrected chi connectivity index (χ1v) is 8.89. The van der Waals surface area contributed by atoms with Crippen LogP contribution in [-0.4, -0.2) is 34.5 Å². The van der Waals surface area contributed by atoms with E-state index in [9.17, 15) is 14.4 Å². The first kappa shape index (κ1) is 17.1. The Labute approximate surface area is 155 Å². The Morgan fingerprint density at radius 3 is 2.78 bits per heavy atom. The molecule has 138 valence electrons. The van der Waals surface area contributed by atoms with E-state index in [0.29, 0.717) is 5.56 Å². The molecule has 4 rings (SSSR count). The van der Waals surface area contributed by atoms with Crippen LogP contribution >= 0.6 is 0 Å². The number of carbonyl (C=O) groups is 2. The number of hydrogen-bond acceptors (Lipinski definition) is 3. The zero-order valence-corrected chi connectivity index (χ0v) is 14.9. The predicted molar refractivity (Wildman–Crippen MR) is 102 cm³/mol. The summed E-state index contributed by atoms with van der Waals surface area (Å²) in [7, 11) is 1.46. The lowest BCUT2D eigenvalue weighted by Gasteiger charge is -2.12. The van der Waals surface area contributed by atoms with Crippen LogP contribution in [0.25, 0.3) is 10.9 Å². The molecule has 1 aliphatic rings. The van der Waals surface area contributed by atoms with Crippen molar-refractivity contribution in [2.75, 3.05) is 7.05 Å². The van der Waals surface area contributed by atoms with Crippen LogP contribution in [0.1, 0.15) is 39.1 Å². The molecule has 0 radical (unpaired) electrons. The summed E-state index contributed by atoms with van der Waals surface area (Å²) < 4.78 is 1.42. The van der Waals surface area contributed by atoms with Gasteiger partial charge in [-0.05, 0) is 35.9 Å². The van der Waals surface area contributed by atoms with Gasteiger partial charge in [0.2, 0.25) is 0 Å². The number of para-hydroxylation sites is 1. The van der Waals surface area contributed by atoms with Gasteiger partial charge in [0, 0.05) is 25.5 Å². The largest absolute Gasteiger partial charge is 0.361 e. The van der Waals surface area contributed by atoms with Crippen LogP contribution in [0, 0.1) is 0 Å². The Morgan fingerprint density at radius 1 is 1.22 bits per heavy atom. The van der Waals surface area contributed by atoms with Crippen molar-refractivity contribution in [3.8, 4) is 0 Å². The van der Waals surface area contributed by atoms with E-state index in [1.165, 1.54) is 23.9 Å². The molecule has 2 aromatic heterocycles. The van der Waals surface area contributed by atoms with Crippen molar-refractivity contribution in [1.82, 2.24) is 20.2 Å². The Bertz CT molecular complexity index is 1090. The molecule has 0 bridgehead atoms. The standard InChI is InChI=1S/C20H20N4O3/c1-21-19(26)16-9-14(18(25)23-15-5-6-15)11-24(20(16)27)10-13-4-2-3-12-7-8-22-17(12)13/h2-4,7-9,11,15,22H,5-6,10H2,1H3,(H,21,26)(H,23,25). The van der Waals surface area contributed by atoms with Crippen molar-refractivity contribution in [2.24, 2.45) is 0 Å². The maximum atomic E-state index is 12.8. The van der Waals surface area contributed by atoms with Crippen LogP contribution in [0.15, 0.2) is 47.5 Å². The third kappa shape index (κ3) is 3.36. The van der Waals surface area contributed by atoms with E-state index in [-0.39, 0.29) is 24.1 Å². The minimum absolute atomic E-state index is 0.0420. The molecular formula is C20H20N4O3. The van der Waals surface area contributed by atoms with Crippen LogP contribution in [-0.2, 0) is 6.54 Å². The molecule has 0 saturated heterocycles. The second-order valence-electron chi connectivity index (χ2n) is 6.76. The Morgan fingerprint density at radius 2 is 2.04 bits per heavy atom. The van der Waals surface area contributed by atoms with Crippen LogP contribution in [0.4, 0.5) is 0 Å². The first-order chi connectivity index (χ1) is 13.1. The number of aromatic amines is 1. The third-order valence-corrected chi connectivity index (χ3v) is 4.75. The number of aromatic nitrogens is 2. The monoisotopic (exact) mass is 364 g/mol. The van der Waals surface area contributed by atoms with E-state index < -0.39 is 11.5 Å². The Balaban J connectivity index is 1.78. The number of nitrogens with zero attached hydrogens (tertiary/aromatic N) is 1. The van der Waals surface area contributed by atoms with Gasteiger partial charge in [0.05, 0.1) is 17.6 Å². The van der Waals surface area contributed by atoms with Gasteiger partial charge >= 0.3 is 0 Å². The van der Waals surface area contributed by atoms with E-state index >= 15 is 0 Å². The van der Waals surface area contributed by atoms with Gasteiger partial charge in [0.25, 0.3) is 17.4 Å². The van der Waals surface area contributed by atoms with Gasteiger partial charge in [-0.15, -0.1) is 0 Å². The van der Waals surface area contributed by atoms with Gasteiger partial charge in [0.1, 0.15) is 5.56 Å². The molecule has 7 heteroatoms. The number of H-pyrrole nitrogens is 1. The predicted octanol–water partition coefficient (Wildman–Crippen LogP) is 1.63. The smallest absolute Gasteiger partial charge is 0.263 e. The number of fused-ring (bicyclic) bond motifs is 1. The average molecular weight is 364 g/mol. The zero-order chi connectivity index (χ0) is 19.0. The number of nitrogens with one attached hydrogen (secondary N) is 3. The van der Waals surface area contributed by atoms with E-state index in [0.717, 1.165) is 29.3 Å². The summed E-state index contributed by atoms with van der Waals surface area (Å²) in [5.74, 6) is -0.776. The summed E-state index contributed by atoms with van der Waals surface area (Å²) >= 11 is 0. The summed E-state index contributed by atoms with van der Waals surface area (Å²) in [4.78, 5) is 40.6. The van der Waals surface area contributed by atoms with Gasteiger partial charge < -0.3 is 20.2 Å². The third-order valence-electron chi connectivity index (χ3n) is 4.75. The molecule has 1 aliphatic carbocycles. The summed E-state index contributed by atoms with van der Waals surface area (Å²) in [6, 6.07) is 9.32. The second kappa shape index (κ2) is 6.75. The lowest BCUT2D eigenvalue weighted by molar-refractivity contribution is 0.0950. The molecule has 3 aromatic rings. The molecule has 27 heavy (non-hydrogen) atoms. The highest BCUT2D eigenvalue weighted by Crippen LogP contribution is 2.20. The van der Waals surface area contributed by atoms with Crippen molar-refractivity contribution in [2.45, 2.75) is 25.4 Å². The van der Waals surface area contributed by atoms with Crippen LogP contribution in [0.2, 0.25) is 0 Å². The molecule has 0 unspecified atom stereocenters. The van der Waals surface area contributed by atoms with E-state index in [4.69, 9.17) is 0 Å². The highest BCUT2D eigenvalue weighted by molar-refractivity contribution is 5.99. The number of hydrogen-bond donors (Lipinski definition) is 3. The van der Waals surface area contributed by atoms with Gasteiger partial charge in [-0.1, -0.05) is 18.2 Å². The Hall–Kier alpha value is -3.35. The van der Waals surface area contributed by atoms with Gasteiger partial charge in [-0.2, -0.15) is 0 Å². The van der Waals surface area contributed by atoms with Crippen molar-refractivity contribution in [3.05, 3.63) is 69.8 Å². The molecule has 0 atom stereocenters. The highest BCUT2D eigenvalue weighted by Gasteiger charge is 2.25. The summed E-state index contributed by atoms with van der Waals surface area (Å²) in [5, 5.41) is 6.40. The fraction of sp³-hybridized carbons (Fsp3) is 0.250. The molecule has 7 nitrogen and oxygen atoms in total. The number of amides is 2. The molecule has 1 aromatic carbocycles. The van der Waals surface area contributed by atoms with Crippen LogP contribution < -0.4 is 16.2 Å². The normalized spacial score (nSPS) is 13.5. The lowest BCUT2D eigenvalue weighted by atomic mass is 10.1. The minimum Gasteiger partial charge on any atom is -0.361 e. The quantitative estimate of drug-likeness (QED) is 0.642. The van der Waals surface area contributed by atoms with Crippen molar-refractivity contribution in [1.29, 1.82) is 0 Å². The van der Waals surface area contributed by atoms with Crippen molar-refractivity contribution >= 4 is 22.7 Å². The van der Waals surface area contributed by atoms with Gasteiger partial charge in [-0.3, -0.25) is 14.4 Å². The summed E-state index contributed by atoms with van der Waals surface area (Å²) in [6.45, 7) is 0.255. The highest BCUT2D eigenvalue weighted by atomic mass is 16.2. The summed E-state index contributed by atoms with van der Waals surface area (Å²) in [6.07, 6.45) is 5.28. The summed E-state index contributed by atoms with van der Waals surface area (Å²) in [5.41, 5.74) is 1.67. The first-order valence-electron chi connectivity index (χ1n) is 8.89. The van der Waals surface area contributed by atoms with Gasteiger partial charge in [0.15, 0.2) is 0 Å². The second-order valence-corrected chi connectivity index (χ2v) is 6.76. The molecule has 2 heterocycles. The van der Waals surface area contributed by atoms with Crippen molar-refractivity contribution in [3.63, 3.8) is 0 Å². The van der Waals surface area contributed by atoms with E-state index in [2.05, 4.69) is 15.6 Å². The SMILES string of the molecule is CNC(=O)c1cc(C(=O)NC2CC2)cn(Cc2cccc3cc[nH]c23)c1=O. The lowest BCUT2D eigenvalue weighted by Crippen LogP contribution is -2.34. The van der Waals surface area contributed by atoms with Crippen molar-refractivity contribution < 1.29 is 9.59 Å². The van der Waals surface area contributed by atoms with Gasteiger partial charge in [-0.25, -0.2) is 0 Å². The molecule has 1 saturated carbocycles. The fourth-order valence-electron chi connectivity index (χ4n) is 3.14. The molecule has 1 fully saturated rings. The van der Waals surface area contributed by atoms with Crippen LogP contribution in [0.3, 0.4) is 0 Å². The number of benzene rings is 1. The fourth-order valence-corrected chi connectivity index (χ4v) is 3.14. The number of pyridine rings is 1. The minimum atomic E-state index is -0.507.